The normalized spacial score (nSPS) is 12.3. The van der Waals surface area contributed by atoms with Gasteiger partial charge < -0.3 is 9.88 Å². The molecule has 1 aromatic heterocycles. The van der Waals surface area contributed by atoms with Gasteiger partial charge in [-0.15, -0.1) is 0 Å². The van der Waals surface area contributed by atoms with E-state index in [2.05, 4.69) is 42.3 Å². The first-order valence-electron chi connectivity index (χ1n) is 8.79. The molecular formula is C21H25N3OS. The summed E-state index contributed by atoms with van der Waals surface area (Å²) in [6.07, 6.45) is 2.05. The molecule has 1 unspecified atom stereocenters. The molecule has 2 aromatic carbocycles. The summed E-state index contributed by atoms with van der Waals surface area (Å²) in [6.45, 7) is 6.47. The summed E-state index contributed by atoms with van der Waals surface area (Å²) in [5.41, 5.74) is 5.50. The quantitative estimate of drug-likeness (QED) is 0.703. The van der Waals surface area contributed by atoms with Crippen LogP contribution in [0.1, 0.15) is 35.5 Å². The van der Waals surface area contributed by atoms with Crippen LogP contribution in [0.3, 0.4) is 0 Å². The molecule has 5 heteroatoms. The first kappa shape index (κ1) is 18.5. The number of carbonyl (C=O) groups is 1. The second-order valence-electron chi connectivity index (χ2n) is 6.69. The van der Waals surface area contributed by atoms with E-state index in [1.807, 2.05) is 42.0 Å². The molecule has 0 saturated heterocycles. The maximum Gasteiger partial charge on any atom is 0.240 e. The van der Waals surface area contributed by atoms with Crippen molar-refractivity contribution < 1.29 is 4.79 Å². The Bertz CT molecular complexity index is 932. The minimum absolute atomic E-state index is 0.00362. The summed E-state index contributed by atoms with van der Waals surface area (Å²) < 4.78 is 2.02. The number of fused-ring (bicyclic) bond motifs is 1. The molecule has 0 radical (unpaired) electrons. The second kappa shape index (κ2) is 7.96. The molecule has 0 bridgehead atoms. The highest BCUT2D eigenvalue weighted by Crippen LogP contribution is 2.21. The van der Waals surface area contributed by atoms with E-state index < -0.39 is 0 Å². The molecule has 0 saturated carbocycles. The van der Waals surface area contributed by atoms with Gasteiger partial charge in [0.25, 0.3) is 0 Å². The van der Waals surface area contributed by atoms with Crippen LogP contribution in [0.15, 0.2) is 42.5 Å². The molecule has 1 amide bonds. The number of rotatable bonds is 6. The lowest BCUT2D eigenvalue weighted by atomic mass is 10.00. The molecule has 1 atom stereocenters. The predicted molar refractivity (Wildman–Crippen MR) is 109 cm³/mol. The molecular weight excluding hydrogens is 342 g/mol. The van der Waals surface area contributed by atoms with E-state index in [0.29, 0.717) is 0 Å². The number of thioether (sulfide) groups is 1. The van der Waals surface area contributed by atoms with Gasteiger partial charge in [-0.2, -0.15) is 11.8 Å². The van der Waals surface area contributed by atoms with Crippen LogP contribution in [0.25, 0.3) is 11.0 Å². The molecule has 136 valence electrons. The second-order valence-corrected chi connectivity index (χ2v) is 7.55. The van der Waals surface area contributed by atoms with E-state index >= 15 is 0 Å². The molecule has 1 N–H and O–H groups in total. The highest BCUT2D eigenvalue weighted by Gasteiger charge is 2.16. The predicted octanol–water partition coefficient (Wildman–Crippen LogP) is 4.39. The fraction of sp³-hybridized carbons (Fsp3) is 0.333. The SMILES string of the molecule is CSCc1nc2ccccc2n1CC(=O)NC(C)c1cc(C)ccc1C. The van der Waals surface area contributed by atoms with Gasteiger partial charge in [0.15, 0.2) is 0 Å². The zero-order valence-electron chi connectivity index (χ0n) is 15.7. The van der Waals surface area contributed by atoms with Gasteiger partial charge in [-0.3, -0.25) is 4.79 Å². The lowest BCUT2D eigenvalue weighted by molar-refractivity contribution is -0.122. The van der Waals surface area contributed by atoms with Crippen molar-refractivity contribution in [3.8, 4) is 0 Å². The van der Waals surface area contributed by atoms with Gasteiger partial charge in [0.2, 0.25) is 5.91 Å². The molecule has 3 aromatic rings. The van der Waals surface area contributed by atoms with Crippen molar-refractivity contribution in [1.29, 1.82) is 0 Å². The monoisotopic (exact) mass is 367 g/mol. The summed E-state index contributed by atoms with van der Waals surface area (Å²) >= 11 is 1.71. The van der Waals surface area contributed by atoms with E-state index in [0.717, 1.165) is 28.2 Å². The Morgan fingerprint density at radius 3 is 2.77 bits per heavy atom. The molecule has 26 heavy (non-hydrogen) atoms. The van der Waals surface area contributed by atoms with Gasteiger partial charge in [0.05, 0.1) is 22.8 Å². The molecule has 0 aliphatic rings. The molecule has 0 fully saturated rings. The van der Waals surface area contributed by atoms with Crippen molar-refractivity contribution in [3.05, 3.63) is 65.0 Å². The van der Waals surface area contributed by atoms with Crippen LogP contribution >= 0.6 is 11.8 Å². The fourth-order valence-corrected chi connectivity index (χ4v) is 3.75. The average molecular weight is 368 g/mol. The molecule has 4 nitrogen and oxygen atoms in total. The number of nitrogens with one attached hydrogen (secondary N) is 1. The highest BCUT2D eigenvalue weighted by molar-refractivity contribution is 7.97. The third kappa shape index (κ3) is 3.93. The molecule has 3 rings (SSSR count). The van der Waals surface area contributed by atoms with Crippen LogP contribution in [0.4, 0.5) is 0 Å². The number of nitrogens with zero attached hydrogens (tertiary/aromatic N) is 2. The maximum atomic E-state index is 12.7. The number of hydrogen-bond acceptors (Lipinski definition) is 3. The van der Waals surface area contributed by atoms with Crippen LogP contribution in [0.2, 0.25) is 0 Å². The van der Waals surface area contributed by atoms with E-state index in [1.54, 1.807) is 11.8 Å². The third-order valence-corrected chi connectivity index (χ3v) is 5.13. The maximum absolute atomic E-state index is 12.7. The van der Waals surface area contributed by atoms with E-state index in [-0.39, 0.29) is 18.5 Å². The van der Waals surface area contributed by atoms with Crippen LogP contribution < -0.4 is 5.32 Å². The topological polar surface area (TPSA) is 46.9 Å². The zero-order valence-corrected chi connectivity index (χ0v) is 16.6. The van der Waals surface area contributed by atoms with E-state index in [4.69, 9.17) is 0 Å². The molecule has 1 heterocycles. The Balaban J connectivity index is 1.80. The number of aryl methyl sites for hydroxylation is 2. The number of benzene rings is 2. The Morgan fingerprint density at radius 2 is 2.00 bits per heavy atom. The summed E-state index contributed by atoms with van der Waals surface area (Å²) in [5.74, 6) is 1.73. The van der Waals surface area contributed by atoms with Crippen LogP contribution in [-0.4, -0.2) is 21.7 Å². The number of amides is 1. The van der Waals surface area contributed by atoms with Gasteiger partial charge in [-0.25, -0.2) is 4.98 Å². The fourth-order valence-electron chi connectivity index (χ4n) is 3.28. The summed E-state index contributed by atoms with van der Waals surface area (Å²) in [7, 11) is 0. The van der Waals surface area contributed by atoms with Gasteiger partial charge in [-0.1, -0.05) is 35.9 Å². The van der Waals surface area contributed by atoms with Crippen LogP contribution in [0.5, 0.6) is 0 Å². The number of aromatic nitrogens is 2. The smallest absolute Gasteiger partial charge is 0.240 e. The number of carbonyl (C=O) groups excluding carboxylic acids is 1. The lowest BCUT2D eigenvalue weighted by Crippen LogP contribution is -2.31. The number of para-hydroxylation sites is 2. The first-order chi connectivity index (χ1) is 12.5. The van der Waals surface area contributed by atoms with Crippen molar-refractivity contribution in [1.82, 2.24) is 14.9 Å². The van der Waals surface area contributed by atoms with Crippen LogP contribution in [0, 0.1) is 13.8 Å². The van der Waals surface area contributed by atoms with Gasteiger partial charge >= 0.3 is 0 Å². The Morgan fingerprint density at radius 1 is 1.23 bits per heavy atom. The van der Waals surface area contributed by atoms with Crippen molar-refractivity contribution in [2.24, 2.45) is 0 Å². The van der Waals surface area contributed by atoms with E-state index in [1.165, 1.54) is 11.1 Å². The minimum Gasteiger partial charge on any atom is -0.348 e. The number of hydrogen-bond donors (Lipinski definition) is 1. The molecule has 0 spiro atoms. The van der Waals surface area contributed by atoms with E-state index in [9.17, 15) is 4.79 Å². The first-order valence-corrected chi connectivity index (χ1v) is 10.2. The Labute approximate surface area is 159 Å². The summed E-state index contributed by atoms with van der Waals surface area (Å²) in [4.78, 5) is 17.4. The van der Waals surface area contributed by atoms with Gasteiger partial charge in [-0.05, 0) is 50.3 Å². The largest absolute Gasteiger partial charge is 0.348 e. The standard InChI is InChI=1S/C21H25N3OS/c1-14-9-10-15(2)17(11-14)16(3)22-21(25)12-24-19-8-6-5-7-18(19)23-20(24)13-26-4/h5-11,16H,12-13H2,1-4H3,(H,22,25). The molecule has 0 aliphatic heterocycles. The van der Waals surface area contributed by atoms with Crippen molar-refractivity contribution in [2.45, 2.75) is 39.1 Å². The van der Waals surface area contributed by atoms with Crippen molar-refractivity contribution in [2.75, 3.05) is 6.26 Å². The molecule has 0 aliphatic carbocycles. The van der Waals surface area contributed by atoms with Crippen molar-refractivity contribution in [3.63, 3.8) is 0 Å². The minimum atomic E-state index is -0.0267. The Kier molecular flexibility index (Phi) is 5.67. The van der Waals surface area contributed by atoms with Crippen LogP contribution in [-0.2, 0) is 17.1 Å². The lowest BCUT2D eigenvalue weighted by Gasteiger charge is -2.18. The summed E-state index contributed by atoms with van der Waals surface area (Å²) in [6, 6.07) is 14.3. The summed E-state index contributed by atoms with van der Waals surface area (Å²) in [5, 5.41) is 3.14. The van der Waals surface area contributed by atoms with Crippen molar-refractivity contribution >= 4 is 28.7 Å². The number of imidazole rings is 1. The third-order valence-electron chi connectivity index (χ3n) is 4.59. The van der Waals surface area contributed by atoms with Gasteiger partial charge in [0, 0.05) is 0 Å². The Hall–Kier alpha value is -2.27. The average Bonchev–Trinajstić information content (AvgIpc) is 2.95. The highest BCUT2D eigenvalue weighted by atomic mass is 32.2. The van der Waals surface area contributed by atoms with Gasteiger partial charge in [0.1, 0.15) is 12.4 Å². The zero-order chi connectivity index (χ0) is 18.7.